The Labute approximate surface area is 149 Å². The molecule has 1 heterocycles. The maximum absolute atomic E-state index is 13.0. The van der Waals surface area contributed by atoms with Crippen LogP contribution in [0.5, 0.6) is 0 Å². The van der Waals surface area contributed by atoms with Crippen LogP contribution in [0.15, 0.2) is 53.5 Å². The zero-order chi connectivity index (χ0) is 17.1. The van der Waals surface area contributed by atoms with Gasteiger partial charge in [0.1, 0.15) is 0 Å². The minimum absolute atomic E-state index is 0.175. The second-order valence-corrected chi connectivity index (χ2v) is 6.80. The van der Waals surface area contributed by atoms with E-state index in [0.29, 0.717) is 27.0 Å². The summed E-state index contributed by atoms with van der Waals surface area (Å²) in [5.41, 5.74) is 1.74. The normalized spacial score (nSPS) is 16.4. The molecule has 0 aliphatic carbocycles. The third-order valence-corrected chi connectivity index (χ3v) is 4.97. The predicted molar refractivity (Wildman–Crippen MR) is 98.8 cm³/mol. The molecule has 0 saturated heterocycles. The number of carbonyl (C=O) groups is 1. The number of hydrogen-bond donors (Lipinski definition) is 0. The van der Waals surface area contributed by atoms with Crippen LogP contribution in [-0.2, 0) is 0 Å². The van der Waals surface area contributed by atoms with Crippen LogP contribution in [-0.4, -0.2) is 22.9 Å². The summed E-state index contributed by atoms with van der Waals surface area (Å²) in [5.74, 6) is 0.669. The van der Waals surface area contributed by atoms with E-state index in [4.69, 9.17) is 16.9 Å². The number of halogens is 1. The number of nitriles is 1. The molecule has 0 N–H and O–H groups in total. The summed E-state index contributed by atoms with van der Waals surface area (Å²) in [4.78, 5) is 19.2. The first kappa shape index (κ1) is 16.6. The lowest BCUT2D eigenvalue weighted by Gasteiger charge is -2.22. The van der Waals surface area contributed by atoms with Gasteiger partial charge >= 0.3 is 0 Å². The van der Waals surface area contributed by atoms with Crippen LogP contribution in [0.4, 0.5) is 5.69 Å². The quantitative estimate of drug-likeness (QED) is 0.804. The van der Waals surface area contributed by atoms with Crippen LogP contribution in [0.25, 0.3) is 0 Å². The second-order valence-electron chi connectivity index (χ2n) is 5.38. The van der Waals surface area contributed by atoms with Crippen LogP contribution >= 0.6 is 23.4 Å². The monoisotopic (exact) mass is 355 g/mol. The van der Waals surface area contributed by atoms with Crippen LogP contribution in [0.2, 0.25) is 5.02 Å². The van der Waals surface area contributed by atoms with Gasteiger partial charge in [-0.2, -0.15) is 5.26 Å². The van der Waals surface area contributed by atoms with Gasteiger partial charge in [-0.25, -0.2) is 0 Å². The molecule has 0 saturated carbocycles. The maximum Gasteiger partial charge on any atom is 0.264 e. The highest BCUT2D eigenvalue weighted by Gasteiger charge is 2.27. The van der Waals surface area contributed by atoms with Crippen molar-refractivity contribution in [2.75, 3.05) is 10.7 Å². The van der Waals surface area contributed by atoms with E-state index in [0.717, 1.165) is 5.75 Å². The van der Waals surface area contributed by atoms with Crippen molar-refractivity contribution in [1.82, 2.24) is 0 Å². The summed E-state index contributed by atoms with van der Waals surface area (Å²) < 4.78 is 0. The van der Waals surface area contributed by atoms with Gasteiger partial charge in [-0.1, -0.05) is 23.4 Å². The van der Waals surface area contributed by atoms with E-state index in [-0.39, 0.29) is 11.9 Å². The third-order valence-electron chi connectivity index (χ3n) is 3.52. The first-order valence-electron chi connectivity index (χ1n) is 7.39. The number of amidine groups is 1. The SMILES string of the molecule is C[C@H]1CSC(N(C(=O)c2ccc(C#N)cc2)c2ccc(Cl)cc2)=N1. The van der Waals surface area contributed by atoms with E-state index >= 15 is 0 Å². The van der Waals surface area contributed by atoms with Gasteiger partial charge in [-0.3, -0.25) is 14.7 Å². The van der Waals surface area contributed by atoms with Crippen molar-refractivity contribution in [3.8, 4) is 6.07 Å². The molecule has 3 rings (SSSR count). The van der Waals surface area contributed by atoms with Crippen LogP contribution in [0, 0.1) is 11.3 Å². The summed E-state index contributed by atoms with van der Waals surface area (Å²) in [6.45, 7) is 2.02. The van der Waals surface area contributed by atoms with Gasteiger partial charge in [0.05, 0.1) is 23.4 Å². The Bertz CT molecular complexity index is 825. The number of anilines is 1. The lowest BCUT2D eigenvalue weighted by atomic mass is 10.1. The van der Waals surface area contributed by atoms with E-state index in [2.05, 4.69) is 11.1 Å². The lowest BCUT2D eigenvalue weighted by molar-refractivity contribution is 0.100. The van der Waals surface area contributed by atoms with Crippen molar-refractivity contribution in [2.45, 2.75) is 13.0 Å². The molecule has 1 aliphatic heterocycles. The van der Waals surface area contributed by atoms with Gasteiger partial charge in [-0.05, 0) is 55.5 Å². The zero-order valence-corrected chi connectivity index (χ0v) is 14.5. The smallest absolute Gasteiger partial charge is 0.264 e. The number of hydrogen-bond acceptors (Lipinski definition) is 4. The van der Waals surface area contributed by atoms with Crippen LogP contribution in [0.3, 0.4) is 0 Å². The van der Waals surface area contributed by atoms with E-state index in [9.17, 15) is 4.79 Å². The maximum atomic E-state index is 13.0. The zero-order valence-electron chi connectivity index (χ0n) is 12.9. The van der Waals surface area contributed by atoms with Crippen molar-refractivity contribution < 1.29 is 4.79 Å². The van der Waals surface area contributed by atoms with Crippen molar-refractivity contribution in [1.29, 1.82) is 5.26 Å². The van der Waals surface area contributed by atoms with Gasteiger partial charge in [0.2, 0.25) is 0 Å². The standard InChI is InChI=1S/C18H14ClN3OS/c1-12-11-24-18(21-12)22(16-8-6-15(19)7-9-16)17(23)14-4-2-13(10-20)3-5-14/h2-9,12H,11H2,1H3/t12-/m0/s1. The second kappa shape index (κ2) is 7.08. The molecule has 0 spiro atoms. The number of amides is 1. The fraction of sp³-hybridized carbons (Fsp3) is 0.167. The summed E-state index contributed by atoms with van der Waals surface area (Å²) in [6.07, 6.45) is 0. The summed E-state index contributed by atoms with van der Waals surface area (Å²) >= 11 is 7.52. The average molecular weight is 356 g/mol. The predicted octanol–water partition coefficient (Wildman–Crippen LogP) is 4.35. The largest absolute Gasteiger partial charge is 0.268 e. The van der Waals surface area contributed by atoms with Gasteiger partial charge in [0.25, 0.3) is 5.91 Å². The topological polar surface area (TPSA) is 56.5 Å². The van der Waals surface area contributed by atoms with E-state index in [1.54, 1.807) is 65.2 Å². The first-order chi connectivity index (χ1) is 11.6. The third kappa shape index (κ3) is 3.45. The number of carbonyl (C=O) groups excluding carboxylic acids is 1. The fourth-order valence-electron chi connectivity index (χ4n) is 2.30. The molecule has 0 bridgehead atoms. The van der Waals surface area contributed by atoms with Crippen LogP contribution < -0.4 is 4.90 Å². The number of nitrogens with zero attached hydrogens (tertiary/aromatic N) is 3. The summed E-state index contributed by atoms with van der Waals surface area (Å²) in [6, 6.07) is 15.9. The lowest BCUT2D eigenvalue weighted by Crippen LogP contribution is -2.34. The molecule has 6 heteroatoms. The molecule has 120 valence electrons. The highest BCUT2D eigenvalue weighted by Crippen LogP contribution is 2.28. The molecule has 1 aliphatic rings. The highest BCUT2D eigenvalue weighted by molar-refractivity contribution is 8.14. The van der Waals surface area contributed by atoms with Crippen molar-refractivity contribution >= 4 is 40.1 Å². The Hall–Kier alpha value is -2.29. The van der Waals surface area contributed by atoms with E-state index < -0.39 is 0 Å². The number of rotatable bonds is 2. The molecule has 2 aromatic carbocycles. The Morgan fingerprint density at radius 1 is 1.25 bits per heavy atom. The molecular formula is C18H14ClN3OS. The molecule has 0 fully saturated rings. The number of thioether (sulfide) groups is 1. The Balaban J connectivity index is 2.00. The Morgan fingerprint density at radius 3 is 2.46 bits per heavy atom. The van der Waals surface area contributed by atoms with E-state index in [1.165, 1.54) is 0 Å². The van der Waals surface area contributed by atoms with E-state index in [1.807, 2.05) is 6.92 Å². The molecule has 0 unspecified atom stereocenters. The van der Waals surface area contributed by atoms with Gasteiger partial charge < -0.3 is 0 Å². The molecule has 1 atom stereocenters. The molecule has 0 radical (unpaired) electrons. The molecule has 0 aromatic heterocycles. The Kier molecular flexibility index (Phi) is 4.89. The van der Waals surface area contributed by atoms with Gasteiger partial charge in [0, 0.05) is 16.3 Å². The number of aliphatic imine (C=N–C) groups is 1. The minimum Gasteiger partial charge on any atom is -0.268 e. The van der Waals surface area contributed by atoms with Gasteiger partial charge in [0.15, 0.2) is 5.17 Å². The van der Waals surface area contributed by atoms with Crippen molar-refractivity contribution in [3.05, 3.63) is 64.7 Å². The average Bonchev–Trinajstić information content (AvgIpc) is 3.03. The van der Waals surface area contributed by atoms with Crippen LogP contribution in [0.1, 0.15) is 22.8 Å². The summed E-state index contributed by atoms with van der Waals surface area (Å²) in [5, 5.41) is 10.2. The molecular weight excluding hydrogens is 342 g/mol. The Morgan fingerprint density at radius 2 is 1.92 bits per heavy atom. The van der Waals surface area contributed by atoms with Crippen molar-refractivity contribution in [3.63, 3.8) is 0 Å². The molecule has 24 heavy (non-hydrogen) atoms. The minimum atomic E-state index is -0.179. The fourth-order valence-corrected chi connectivity index (χ4v) is 3.46. The molecule has 1 amide bonds. The first-order valence-corrected chi connectivity index (χ1v) is 8.75. The number of benzene rings is 2. The van der Waals surface area contributed by atoms with Crippen molar-refractivity contribution in [2.24, 2.45) is 4.99 Å². The molecule has 2 aromatic rings. The van der Waals surface area contributed by atoms with Gasteiger partial charge in [-0.15, -0.1) is 0 Å². The summed E-state index contributed by atoms with van der Waals surface area (Å²) in [7, 11) is 0. The highest BCUT2D eigenvalue weighted by atomic mass is 35.5. The molecule has 4 nitrogen and oxygen atoms in total.